The standard InChI is InChI=1S/C13H17ClN4O2/c1-9(19)17-5-4-11-10(8-17)18(6-7-20-11)13-3-2-12(14)15-16-13/h2-3,10-11H,4-8H2,1H3/t10-,11+/m0/s1. The lowest BCUT2D eigenvalue weighted by Crippen LogP contribution is -2.61. The van der Waals surface area contributed by atoms with Gasteiger partial charge in [-0.25, -0.2) is 0 Å². The van der Waals surface area contributed by atoms with Gasteiger partial charge >= 0.3 is 0 Å². The van der Waals surface area contributed by atoms with Crippen LogP contribution in [0.2, 0.25) is 5.15 Å². The molecule has 2 aliphatic heterocycles. The molecule has 2 aliphatic rings. The SMILES string of the molecule is CC(=O)N1CC[C@H]2OCCN(c3ccc(Cl)nn3)[C@H]2C1. The summed E-state index contributed by atoms with van der Waals surface area (Å²) in [5.74, 6) is 0.897. The highest BCUT2D eigenvalue weighted by atomic mass is 35.5. The number of amides is 1. The largest absolute Gasteiger partial charge is 0.374 e. The smallest absolute Gasteiger partial charge is 0.219 e. The van der Waals surface area contributed by atoms with E-state index in [1.807, 2.05) is 11.0 Å². The van der Waals surface area contributed by atoms with Crippen molar-refractivity contribution in [1.29, 1.82) is 0 Å². The highest BCUT2D eigenvalue weighted by Crippen LogP contribution is 2.26. The molecule has 2 fully saturated rings. The van der Waals surface area contributed by atoms with Crippen molar-refractivity contribution >= 4 is 23.3 Å². The van der Waals surface area contributed by atoms with E-state index >= 15 is 0 Å². The Morgan fingerprint density at radius 3 is 2.95 bits per heavy atom. The summed E-state index contributed by atoms with van der Waals surface area (Å²) >= 11 is 5.78. The third-order valence-corrected chi connectivity index (χ3v) is 4.14. The molecule has 1 amide bonds. The summed E-state index contributed by atoms with van der Waals surface area (Å²) in [5, 5.41) is 8.43. The average molecular weight is 297 g/mol. The molecule has 0 bridgehead atoms. The van der Waals surface area contributed by atoms with Gasteiger partial charge in [0.15, 0.2) is 11.0 Å². The number of fused-ring (bicyclic) bond motifs is 1. The van der Waals surface area contributed by atoms with Gasteiger partial charge in [-0.1, -0.05) is 11.6 Å². The summed E-state index contributed by atoms with van der Waals surface area (Å²) in [5.41, 5.74) is 0. The minimum absolute atomic E-state index is 0.108. The highest BCUT2D eigenvalue weighted by Gasteiger charge is 2.38. The van der Waals surface area contributed by atoms with E-state index in [2.05, 4.69) is 15.1 Å². The Morgan fingerprint density at radius 2 is 2.25 bits per heavy atom. The molecular weight excluding hydrogens is 280 g/mol. The zero-order chi connectivity index (χ0) is 14.1. The molecule has 3 heterocycles. The maximum atomic E-state index is 11.6. The molecule has 6 nitrogen and oxygen atoms in total. The molecule has 2 saturated heterocycles. The Hall–Kier alpha value is -1.40. The number of carbonyl (C=O) groups is 1. The zero-order valence-electron chi connectivity index (χ0n) is 11.3. The predicted octanol–water partition coefficient (Wildman–Crippen LogP) is 0.956. The van der Waals surface area contributed by atoms with Gasteiger partial charge in [-0.2, -0.15) is 0 Å². The van der Waals surface area contributed by atoms with E-state index in [9.17, 15) is 4.79 Å². The van der Waals surface area contributed by atoms with Gasteiger partial charge in [-0.3, -0.25) is 4.79 Å². The van der Waals surface area contributed by atoms with E-state index in [0.29, 0.717) is 18.3 Å². The molecule has 3 rings (SSSR count). The molecule has 2 atom stereocenters. The maximum Gasteiger partial charge on any atom is 0.219 e. The fourth-order valence-electron chi connectivity index (χ4n) is 2.90. The minimum Gasteiger partial charge on any atom is -0.374 e. The van der Waals surface area contributed by atoms with Crippen molar-refractivity contribution in [1.82, 2.24) is 15.1 Å². The van der Waals surface area contributed by atoms with Crippen molar-refractivity contribution in [2.75, 3.05) is 31.1 Å². The molecule has 0 unspecified atom stereocenters. The lowest BCUT2D eigenvalue weighted by molar-refractivity contribution is -0.132. The topological polar surface area (TPSA) is 58.6 Å². The summed E-state index contributed by atoms with van der Waals surface area (Å²) in [6.45, 7) is 4.46. The first-order valence-electron chi connectivity index (χ1n) is 6.78. The molecule has 0 aliphatic carbocycles. The maximum absolute atomic E-state index is 11.6. The number of piperidine rings is 1. The van der Waals surface area contributed by atoms with Crippen LogP contribution in [-0.4, -0.2) is 59.4 Å². The molecule has 1 aromatic heterocycles. The predicted molar refractivity (Wildman–Crippen MR) is 74.8 cm³/mol. The van der Waals surface area contributed by atoms with E-state index < -0.39 is 0 Å². The average Bonchev–Trinajstić information content (AvgIpc) is 2.47. The number of likely N-dealkylation sites (tertiary alicyclic amines) is 1. The number of hydrogen-bond acceptors (Lipinski definition) is 5. The number of anilines is 1. The van der Waals surface area contributed by atoms with Crippen molar-refractivity contribution in [2.24, 2.45) is 0 Å². The van der Waals surface area contributed by atoms with Gasteiger partial charge in [0.2, 0.25) is 5.91 Å². The van der Waals surface area contributed by atoms with Crippen LogP contribution in [0.5, 0.6) is 0 Å². The van der Waals surface area contributed by atoms with Crippen LogP contribution < -0.4 is 4.90 Å². The number of halogens is 1. The quantitative estimate of drug-likeness (QED) is 0.772. The van der Waals surface area contributed by atoms with Crippen LogP contribution in [0.15, 0.2) is 12.1 Å². The Kier molecular flexibility index (Phi) is 3.76. The van der Waals surface area contributed by atoms with Crippen LogP contribution in [0.25, 0.3) is 0 Å². The summed E-state index contributed by atoms with van der Waals surface area (Å²) in [6.07, 6.45) is 1.01. The van der Waals surface area contributed by atoms with Crippen molar-refractivity contribution in [3.05, 3.63) is 17.3 Å². The van der Waals surface area contributed by atoms with E-state index in [0.717, 1.165) is 25.3 Å². The minimum atomic E-state index is 0.108. The van der Waals surface area contributed by atoms with Gasteiger partial charge < -0.3 is 14.5 Å². The summed E-state index contributed by atoms with van der Waals surface area (Å²) in [6, 6.07) is 3.74. The summed E-state index contributed by atoms with van der Waals surface area (Å²) in [4.78, 5) is 15.6. The van der Waals surface area contributed by atoms with Crippen LogP contribution in [-0.2, 0) is 9.53 Å². The first kappa shape index (κ1) is 13.6. The number of nitrogens with zero attached hydrogens (tertiary/aromatic N) is 4. The highest BCUT2D eigenvalue weighted by molar-refractivity contribution is 6.29. The number of rotatable bonds is 1. The van der Waals surface area contributed by atoms with Gasteiger partial charge in [0.25, 0.3) is 0 Å². The van der Waals surface area contributed by atoms with E-state index in [-0.39, 0.29) is 18.1 Å². The number of ether oxygens (including phenoxy) is 1. The Labute approximate surface area is 122 Å². The number of carbonyl (C=O) groups excluding carboxylic acids is 1. The van der Waals surface area contributed by atoms with Crippen molar-refractivity contribution in [2.45, 2.75) is 25.5 Å². The number of aromatic nitrogens is 2. The van der Waals surface area contributed by atoms with Crippen LogP contribution in [0.1, 0.15) is 13.3 Å². The number of hydrogen-bond donors (Lipinski definition) is 0. The molecule has 1 aromatic rings. The van der Waals surface area contributed by atoms with Crippen molar-refractivity contribution in [3.63, 3.8) is 0 Å². The van der Waals surface area contributed by atoms with Crippen LogP contribution in [0.4, 0.5) is 5.82 Å². The molecule has 7 heteroatoms. The van der Waals surface area contributed by atoms with E-state index in [1.165, 1.54) is 0 Å². The number of morpholine rings is 1. The monoisotopic (exact) mass is 296 g/mol. The fourth-order valence-corrected chi connectivity index (χ4v) is 3.01. The van der Waals surface area contributed by atoms with Gasteiger partial charge in [0.1, 0.15) is 0 Å². The lowest BCUT2D eigenvalue weighted by atomic mass is 9.98. The summed E-state index contributed by atoms with van der Waals surface area (Å²) < 4.78 is 5.83. The van der Waals surface area contributed by atoms with Crippen molar-refractivity contribution < 1.29 is 9.53 Å². The Morgan fingerprint density at radius 1 is 1.40 bits per heavy atom. The first-order chi connectivity index (χ1) is 9.65. The van der Waals surface area contributed by atoms with E-state index in [4.69, 9.17) is 16.3 Å². The van der Waals surface area contributed by atoms with Gasteiger partial charge in [-0.15, -0.1) is 10.2 Å². The third-order valence-electron chi connectivity index (χ3n) is 3.94. The molecular formula is C13H17ClN4O2. The summed E-state index contributed by atoms with van der Waals surface area (Å²) in [7, 11) is 0. The van der Waals surface area contributed by atoms with Gasteiger partial charge in [0, 0.05) is 26.6 Å². The molecule has 0 radical (unpaired) electrons. The zero-order valence-corrected chi connectivity index (χ0v) is 12.1. The van der Waals surface area contributed by atoms with Gasteiger partial charge in [0.05, 0.1) is 18.8 Å². The molecule has 0 aromatic carbocycles. The molecule has 0 spiro atoms. The molecule has 0 N–H and O–H groups in total. The Bertz CT molecular complexity index is 496. The lowest BCUT2D eigenvalue weighted by Gasteiger charge is -2.47. The van der Waals surface area contributed by atoms with Crippen LogP contribution >= 0.6 is 11.6 Å². The normalized spacial score (nSPS) is 26.3. The third kappa shape index (κ3) is 2.58. The molecule has 0 saturated carbocycles. The molecule has 108 valence electrons. The fraction of sp³-hybridized carbons (Fsp3) is 0.615. The molecule has 20 heavy (non-hydrogen) atoms. The van der Waals surface area contributed by atoms with Crippen LogP contribution in [0, 0.1) is 0 Å². The second kappa shape index (κ2) is 5.54. The van der Waals surface area contributed by atoms with Gasteiger partial charge in [-0.05, 0) is 18.6 Å². The van der Waals surface area contributed by atoms with E-state index in [1.54, 1.807) is 13.0 Å². The first-order valence-corrected chi connectivity index (χ1v) is 7.16. The van der Waals surface area contributed by atoms with Crippen molar-refractivity contribution in [3.8, 4) is 0 Å². The van der Waals surface area contributed by atoms with Crippen LogP contribution in [0.3, 0.4) is 0 Å². The Balaban J connectivity index is 1.82. The second-order valence-electron chi connectivity index (χ2n) is 5.14. The second-order valence-corrected chi connectivity index (χ2v) is 5.53.